The number of rotatable bonds is 2. The number of hydrogen-bond acceptors (Lipinski definition) is 2. The maximum Gasteiger partial charge on any atom is 0.0299 e. The van der Waals surface area contributed by atoms with Crippen LogP contribution in [0.2, 0.25) is 0 Å². The van der Waals surface area contributed by atoms with Crippen LogP contribution in [0.4, 0.5) is 0 Å². The molecule has 2 aliphatic heterocycles. The van der Waals surface area contributed by atoms with E-state index in [4.69, 9.17) is 0 Å². The van der Waals surface area contributed by atoms with Crippen molar-refractivity contribution in [2.75, 3.05) is 13.1 Å². The molecule has 0 bridgehead atoms. The van der Waals surface area contributed by atoms with E-state index in [9.17, 15) is 0 Å². The van der Waals surface area contributed by atoms with Gasteiger partial charge in [0.15, 0.2) is 0 Å². The SMILES string of the molecule is C[C@H]1CC2(CCN(Cc3ccccc3)CC2)N[C@H](C)c2ccccc21. The molecule has 2 atom stereocenters. The number of fused-ring (bicyclic) bond motifs is 1. The third-order valence-electron chi connectivity index (χ3n) is 6.28. The van der Waals surface area contributed by atoms with Gasteiger partial charge in [0.25, 0.3) is 0 Å². The molecule has 2 aromatic rings. The van der Waals surface area contributed by atoms with E-state index in [0.29, 0.717) is 17.5 Å². The first-order valence-electron chi connectivity index (χ1n) is 9.78. The Labute approximate surface area is 152 Å². The van der Waals surface area contributed by atoms with E-state index in [1.807, 2.05) is 0 Å². The maximum absolute atomic E-state index is 4.04. The summed E-state index contributed by atoms with van der Waals surface area (Å²) < 4.78 is 0. The Hall–Kier alpha value is -1.64. The molecular weight excluding hydrogens is 304 g/mol. The predicted molar refractivity (Wildman–Crippen MR) is 105 cm³/mol. The number of piperidine rings is 1. The molecular formula is C23H30N2. The number of nitrogens with one attached hydrogen (secondary N) is 1. The zero-order valence-corrected chi connectivity index (χ0v) is 15.5. The number of likely N-dealkylation sites (tertiary alicyclic amines) is 1. The van der Waals surface area contributed by atoms with Crippen molar-refractivity contribution in [3.63, 3.8) is 0 Å². The van der Waals surface area contributed by atoms with Crippen LogP contribution < -0.4 is 5.32 Å². The van der Waals surface area contributed by atoms with Crippen LogP contribution in [-0.4, -0.2) is 23.5 Å². The molecule has 1 N–H and O–H groups in total. The molecule has 2 heterocycles. The van der Waals surface area contributed by atoms with Gasteiger partial charge >= 0.3 is 0 Å². The monoisotopic (exact) mass is 334 g/mol. The van der Waals surface area contributed by atoms with Gasteiger partial charge in [0, 0.05) is 31.2 Å². The summed E-state index contributed by atoms with van der Waals surface area (Å²) in [4.78, 5) is 2.62. The molecule has 2 heteroatoms. The van der Waals surface area contributed by atoms with Crippen LogP contribution in [0.1, 0.15) is 61.8 Å². The van der Waals surface area contributed by atoms with Gasteiger partial charge in [0.1, 0.15) is 0 Å². The van der Waals surface area contributed by atoms with Gasteiger partial charge in [-0.1, -0.05) is 61.5 Å². The zero-order chi connectivity index (χ0) is 17.3. The molecule has 0 aliphatic carbocycles. The Bertz CT molecular complexity index is 668. The van der Waals surface area contributed by atoms with Crippen LogP contribution in [0.5, 0.6) is 0 Å². The zero-order valence-electron chi connectivity index (χ0n) is 15.5. The molecule has 2 nitrogen and oxygen atoms in total. The van der Waals surface area contributed by atoms with Crippen LogP contribution in [0.3, 0.4) is 0 Å². The van der Waals surface area contributed by atoms with Crippen LogP contribution in [0.25, 0.3) is 0 Å². The van der Waals surface area contributed by atoms with Gasteiger partial charge in [0.2, 0.25) is 0 Å². The quantitative estimate of drug-likeness (QED) is 0.842. The van der Waals surface area contributed by atoms with E-state index >= 15 is 0 Å². The molecule has 0 radical (unpaired) electrons. The number of nitrogens with zero attached hydrogens (tertiary/aromatic N) is 1. The fraction of sp³-hybridized carbons (Fsp3) is 0.478. The molecule has 2 aromatic carbocycles. The van der Waals surface area contributed by atoms with Crippen LogP contribution >= 0.6 is 0 Å². The van der Waals surface area contributed by atoms with Crippen molar-refractivity contribution in [3.05, 3.63) is 71.3 Å². The van der Waals surface area contributed by atoms with Gasteiger partial charge in [-0.05, 0) is 48.8 Å². The highest BCUT2D eigenvalue weighted by atomic mass is 15.2. The summed E-state index contributed by atoms with van der Waals surface area (Å²) in [5.74, 6) is 0.634. The van der Waals surface area contributed by atoms with Gasteiger partial charge in [0.05, 0.1) is 0 Å². The Morgan fingerprint density at radius 3 is 2.28 bits per heavy atom. The first-order chi connectivity index (χ1) is 12.2. The van der Waals surface area contributed by atoms with Crippen molar-refractivity contribution in [2.45, 2.75) is 57.2 Å². The average molecular weight is 335 g/mol. The molecule has 25 heavy (non-hydrogen) atoms. The lowest BCUT2D eigenvalue weighted by Gasteiger charge is -2.44. The first kappa shape index (κ1) is 16.8. The fourth-order valence-corrected chi connectivity index (χ4v) is 4.98. The van der Waals surface area contributed by atoms with E-state index in [1.54, 1.807) is 5.56 Å². The van der Waals surface area contributed by atoms with Crippen LogP contribution in [-0.2, 0) is 6.54 Å². The normalized spacial score (nSPS) is 26.2. The van der Waals surface area contributed by atoms with E-state index < -0.39 is 0 Å². The highest BCUT2D eigenvalue weighted by Crippen LogP contribution is 2.40. The maximum atomic E-state index is 4.04. The van der Waals surface area contributed by atoms with Gasteiger partial charge < -0.3 is 5.32 Å². The van der Waals surface area contributed by atoms with Gasteiger partial charge in [-0.15, -0.1) is 0 Å². The first-order valence-corrected chi connectivity index (χ1v) is 9.78. The third-order valence-corrected chi connectivity index (χ3v) is 6.28. The van der Waals surface area contributed by atoms with Gasteiger partial charge in [-0.3, -0.25) is 4.90 Å². The lowest BCUT2D eigenvalue weighted by Crippen LogP contribution is -2.53. The molecule has 1 spiro atoms. The molecule has 1 saturated heterocycles. The lowest BCUT2D eigenvalue weighted by atomic mass is 9.79. The predicted octanol–water partition coefficient (Wildman–Crippen LogP) is 4.88. The molecule has 0 aromatic heterocycles. The van der Waals surface area contributed by atoms with Crippen molar-refractivity contribution >= 4 is 0 Å². The van der Waals surface area contributed by atoms with E-state index in [1.165, 1.54) is 43.5 Å². The molecule has 4 rings (SSSR count). The van der Waals surface area contributed by atoms with Crippen molar-refractivity contribution in [1.29, 1.82) is 0 Å². The molecule has 1 fully saturated rings. The highest BCUT2D eigenvalue weighted by Gasteiger charge is 2.39. The van der Waals surface area contributed by atoms with Crippen molar-refractivity contribution in [2.24, 2.45) is 0 Å². The second-order valence-electron chi connectivity index (χ2n) is 8.14. The second kappa shape index (κ2) is 6.93. The standard InChI is InChI=1S/C23H30N2/c1-18-16-23(24-19(2)22-11-7-6-10-21(18)22)12-14-25(15-13-23)17-20-8-4-3-5-9-20/h3-11,18-19,24H,12-17H2,1-2H3/t18-,19+/m0/s1. The summed E-state index contributed by atoms with van der Waals surface area (Å²) in [6, 6.07) is 20.4. The number of hydrogen-bond donors (Lipinski definition) is 1. The average Bonchev–Trinajstić information content (AvgIpc) is 2.74. The van der Waals surface area contributed by atoms with Crippen molar-refractivity contribution in [1.82, 2.24) is 10.2 Å². The van der Waals surface area contributed by atoms with E-state index in [2.05, 4.69) is 78.7 Å². The molecule has 2 aliphatic rings. The lowest BCUT2D eigenvalue weighted by molar-refractivity contribution is 0.112. The fourth-order valence-electron chi connectivity index (χ4n) is 4.98. The van der Waals surface area contributed by atoms with E-state index in [-0.39, 0.29) is 0 Å². The van der Waals surface area contributed by atoms with Crippen molar-refractivity contribution in [3.8, 4) is 0 Å². The van der Waals surface area contributed by atoms with Gasteiger partial charge in [-0.25, -0.2) is 0 Å². The van der Waals surface area contributed by atoms with Crippen LogP contribution in [0, 0.1) is 0 Å². The summed E-state index contributed by atoms with van der Waals surface area (Å²) in [5, 5.41) is 4.04. The molecule has 0 amide bonds. The second-order valence-corrected chi connectivity index (χ2v) is 8.14. The summed E-state index contributed by atoms with van der Waals surface area (Å²) in [6.07, 6.45) is 3.76. The highest BCUT2D eigenvalue weighted by molar-refractivity contribution is 5.34. The molecule has 0 unspecified atom stereocenters. The van der Waals surface area contributed by atoms with E-state index in [0.717, 1.165) is 6.54 Å². The number of benzene rings is 2. The largest absolute Gasteiger partial charge is 0.305 e. The Morgan fingerprint density at radius 2 is 1.56 bits per heavy atom. The minimum atomic E-state index is 0.297. The van der Waals surface area contributed by atoms with Crippen LogP contribution in [0.15, 0.2) is 54.6 Å². The minimum absolute atomic E-state index is 0.297. The van der Waals surface area contributed by atoms with Crippen molar-refractivity contribution < 1.29 is 0 Å². The summed E-state index contributed by atoms with van der Waals surface area (Å²) >= 11 is 0. The Morgan fingerprint density at radius 1 is 0.920 bits per heavy atom. The summed E-state index contributed by atoms with van der Waals surface area (Å²) in [6.45, 7) is 8.23. The third kappa shape index (κ3) is 3.51. The molecule has 132 valence electrons. The topological polar surface area (TPSA) is 15.3 Å². The van der Waals surface area contributed by atoms with Gasteiger partial charge in [-0.2, -0.15) is 0 Å². The summed E-state index contributed by atoms with van der Waals surface area (Å²) in [7, 11) is 0. The summed E-state index contributed by atoms with van der Waals surface area (Å²) in [5.41, 5.74) is 4.77. The molecule has 0 saturated carbocycles. The Kier molecular flexibility index (Phi) is 4.66. The Balaban J connectivity index is 1.46. The smallest absolute Gasteiger partial charge is 0.0299 e. The minimum Gasteiger partial charge on any atom is -0.305 e.